The maximum atomic E-state index is 13.3. The van der Waals surface area contributed by atoms with E-state index in [1.807, 2.05) is 61.5 Å². The molecule has 0 fully saturated rings. The number of para-hydroxylation sites is 2. The van der Waals surface area contributed by atoms with Crippen molar-refractivity contribution >= 4 is 34.4 Å². The van der Waals surface area contributed by atoms with Gasteiger partial charge in [0.2, 0.25) is 5.91 Å². The average Bonchev–Trinajstić information content (AvgIpc) is 3.39. The number of fused-ring (bicyclic) bond motifs is 2. The maximum absolute atomic E-state index is 13.3. The van der Waals surface area contributed by atoms with Crippen molar-refractivity contribution in [1.82, 2.24) is 19.3 Å². The number of anilines is 1. The van der Waals surface area contributed by atoms with Gasteiger partial charge in [0.25, 0.3) is 5.56 Å². The van der Waals surface area contributed by atoms with Gasteiger partial charge in [-0.2, -0.15) is 5.10 Å². The molecule has 0 spiro atoms. The molecule has 1 atom stereocenters. The third-order valence-electron chi connectivity index (χ3n) is 5.64. The molecule has 2 aromatic carbocycles. The Bertz CT molecular complexity index is 1350. The average molecular weight is 432 g/mol. The Morgan fingerprint density at radius 1 is 1.16 bits per heavy atom. The lowest BCUT2D eigenvalue weighted by Gasteiger charge is -2.20. The highest BCUT2D eigenvalue weighted by molar-refractivity contribution is 7.99. The molecule has 3 heterocycles. The zero-order valence-corrected chi connectivity index (χ0v) is 18.0. The highest BCUT2D eigenvalue weighted by atomic mass is 32.2. The van der Waals surface area contributed by atoms with E-state index in [-0.39, 0.29) is 23.9 Å². The molecule has 1 amide bonds. The van der Waals surface area contributed by atoms with E-state index in [0.29, 0.717) is 21.9 Å². The summed E-state index contributed by atoms with van der Waals surface area (Å²) in [5, 5.41) is 5.53. The summed E-state index contributed by atoms with van der Waals surface area (Å²) in [5.74, 6) is 0.605. The van der Waals surface area contributed by atoms with Gasteiger partial charge in [-0.25, -0.2) is 9.67 Å². The van der Waals surface area contributed by atoms with E-state index in [1.54, 1.807) is 27.4 Å². The minimum Gasteiger partial charge on any atom is -0.315 e. The van der Waals surface area contributed by atoms with Crippen molar-refractivity contribution in [2.45, 2.75) is 24.5 Å². The minimum atomic E-state index is -0.232. The van der Waals surface area contributed by atoms with Gasteiger partial charge in [0.1, 0.15) is 5.39 Å². The van der Waals surface area contributed by atoms with Crippen LogP contribution in [0.1, 0.15) is 18.0 Å². The molecule has 0 N–H and O–H groups in total. The third-order valence-corrected chi connectivity index (χ3v) is 6.74. The number of thioether (sulfide) groups is 1. The normalized spacial score (nSPS) is 15.2. The lowest BCUT2D eigenvalue weighted by Crippen LogP contribution is -2.32. The predicted molar refractivity (Wildman–Crippen MR) is 122 cm³/mol. The summed E-state index contributed by atoms with van der Waals surface area (Å²) in [7, 11) is 1.76. The molecule has 0 aliphatic carbocycles. The second-order valence-electron chi connectivity index (χ2n) is 7.61. The van der Waals surface area contributed by atoms with Crippen LogP contribution in [0.5, 0.6) is 0 Å². The number of benzene rings is 2. The van der Waals surface area contributed by atoms with Gasteiger partial charge in [-0.3, -0.25) is 14.2 Å². The summed E-state index contributed by atoms with van der Waals surface area (Å²) in [6, 6.07) is 17.1. The molecule has 156 valence electrons. The van der Waals surface area contributed by atoms with Crippen LogP contribution in [0, 0.1) is 6.92 Å². The van der Waals surface area contributed by atoms with E-state index in [4.69, 9.17) is 4.98 Å². The quantitative estimate of drug-likeness (QED) is 0.462. The van der Waals surface area contributed by atoms with Crippen molar-refractivity contribution < 1.29 is 4.79 Å². The summed E-state index contributed by atoms with van der Waals surface area (Å²) in [5.41, 5.74) is 3.18. The van der Waals surface area contributed by atoms with E-state index >= 15 is 0 Å². The summed E-state index contributed by atoms with van der Waals surface area (Å²) < 4.78 is 3.38. The van der Waals surface area contributed by atoms with Crippen molar-refractivity contribution in [2.24, 2.45) is 0 Å². The lowest BCUT2D eigenvalue weighted by atomic mass is 10.2. The summed E-state index contributed by atoms with van der Waals surface area (Å²) >= 11 is 1.51. The Labute approximate surface area is 183 Å². The number of carbonyl (C=O) groups excluding carboxylic acids is 1. The van der Waals surface area contributed by atoms with E-state index in [0.717, 1.165) is 16.9 Å². The van der Waals surface area contributed by atoms with Crippen LogP contribution < -0.4 is 10.5 Å². The van der Waals surface area contributed by atoms with Crippen molar-refractivity contribution in [3.8, 4) is 5.69 Å². The zero-order valence-electron chi connectivity index (χ0n) is 17.2. The van der Waals surface area contributed by atoms with Crippen LogP contribution in [0.3, 0.4) is 0 Å². The van der Waals surface area contributed by atoms with Crippen LogP contribution in [0.2, 0.25) is 0 Å². The number of rotatable bonds is 4. The molecule has 0 saturated heterocycles. The van der Waals surface area contributed by atoms with Gasteiger partial charge < -0.3 is 4.90 Å². The number of aryl methyl sites for hydroxylation is 1. The molecule has 0 radical (unpaired) electrons. The summed E-state index contributed by atoms with van der Waals surface area (Å²) in [6.07, 6.45) is 1.81. The molecule has 1 aliphatic rings. The highest BCUT2D eigenvalue weighted by Crippen LogP contribution is 2.34. The van der Waals surface area contributed by atoms with Crippen LogP contribution in [-0.4, -0.2) is 38.0 Å². The Kier molecular flexibility index (Phi) is 4.86. The Morgan fingerprint density at radius 3 is 2.68 bits per heavy atom. The van der Waals surface area contributed by atoms with Gasteiger partial charge in [0, 0.05) is 24.9 Å². The first-order chi connectivity index (χ1) is 15.0. The molecule has 31 heavy (non-hydrogen) atoms. The van der Waals surface area contributed by atoms with Crippen molar-refractivity contribution in [1.29, 1.82) is 0 Å². The molecule has 1 aliphatic heterocycles. The minimum absolute atomic E-state index is 0.0350. The first-order valence-corrected chi connectivity index (χ1v) is 11.0. The molecule has 1 unspecified atom stereocenters. The third kappa shape index (κ3) is 3.33. The second-order valence-corrected chi connectivity index (χ2v) is 8.59. The second kappa shape index (κ2) is 7.70. The molecule has 7 nitrogen and oxygen atoms in total. The van der Waals surface area contributed by atoms with Crippen LogP contribution in [0.4, 0.5) is 5.69 Å². The molecule has 4 aromatic rings. The van der Waals surface area contributed by atoms with Crippen molar-refractivity contribution in [2.75, 3.05) is 17.7 Å². The number of carbonyl (C=O) groups is 1. The highest BCUT2D eigenvalue weighted by Gasteiger charge is 2.30. The monoisotopic (exact) mass is 431 g/mol. The number of amides is 1. The maximum Gasteiger partial charge on any atom is 0.265 e. The van der Waals surface area contributed by atoms with E-state index in [1.165, 1.54) is 11.8 Å². The number of nitrogens with zero attached hydrogens (tertiary/aromatic N) is 5. The van der Waals surface area contributed by atoms with E-state index < -0.39 is 0 Å². The molecule has 2 aromatic heterocycles. The van der Waals surface area contributed by atoms with Crippen LogP contribution in [0.25, 0.3) is 16.7 Å². The molecular formula is C23H21N5O2S. The fraction of sp³-hybridized carbons (Fsp3) is 0.217. The summed E-state index contributed by atoms with van der Waals surface area (Å²) in [6.45, 7) is 2.00. The van der Waals surface area contributed by atoms with Crippen LogP contribution >= 0.6 is 11.8 Å². The van der Waals surface area contributed by atoms with Gasteiger partial charge in [-0.1, -0.05) is 48.2 Å². The van der Waals surface area contributed by atoms with Crippen molar-refractivity contribution in [3.63, 3.8) is 0 Å². The topological polar surface area (TPSA) is 73.0 Å². The molecule has 5 rings (SSSR count). The number of aromatic nitrogens is 4. The van der Waals surface area contributed by atoms with Gasteiger partial charge in [-0.15, -0.1) is 0 Å². The molecule has 0 saturated carbocycles. The van der Waals surface area contributed by atoms with E-state index in [9.17, 15) is 9.59 Å². The number of hydrogen-bond acceptors (Lipinski definition) is 5. The van der Waals surface area contributed by atoms with Crippen molar-refractivity contribution in [3.05, 3.63) is 76.7 Å². The van der Waals surface area contributed by atoms with Gasteiger partial charge >= 0.3 is 0 Å². The lowest BCUT2D eigenvalue weighted by molar-refractivity contribution is -0.119. The standard InChI is InChI=1S/C23H21N5O2S/c1-15-8-6-7-11-19(15)28-21-18(13-24-28)22(30)27-17(14-31-23(27)25-21)12-20(29)26(2)16-9-4-3-5-10-16/h3-11,13,17H,12,14H2,1-2H3. The first kappa shape index (κ1) is 19.6. The first-order valence-electron chi connectivity index (χ1n) is 10.1. The molecular weight excluding hydrogens is 410 g/mol. The zero-order chi connectivity index (χ0) is 21.5. The molecule has 8 heteroatoms. The van der Waals surface area contributed by atoms with E-state index in [2.05, 4.69) is 5.10 Å². The Morgan fingerprint density at radius 2 is 1.90 bits per heavy atom. The van der Waals surface area contributed by atoms with Crippen LogP contribution in [-0.2, 0) is 4.79 Å². The Hall–Kier alpha value is -3.39. The fourth-order valence-corrected chi connectivity index (χ4v) is 5.02. The predicted octanol–water partition coefficient (Wildman–Crippen LogP) is 3.59. The Balaban J connectivity index is 1.49. The SMILES string of the molecule is Cc1ccccc1-n1ncc2c(=O)n3c(nc21)SCC3CC(=O)N(C)c1ccccc1. The van der Waals surface area contributed by atoms with Gasteiger partial charge in [0.05, 0.1) is 17.9 Å². The van der Waals surface area contributed by atoms with Gasteiger partial charge in [0.15, 0.2) is 10.8 Å². The smallest absolute Gasteiger partial charge is 0.265 e. The largest absolute Gasteiger partial charge is 0.315 e. The molecule has 0 bridgehead atoms. The number of hydrogen-bond donors (Lipinski definition) is 0. The summed E-state index contributed by atoms with van der Waals surface area (Å²) in [4.78, 5) is 32.6. The van der Waals surface area contributed by atoms with Gasteiger partial charge in [-0.05, 0) is 30.7 Å². The van der Waals surface area contributed by atoms with Crippen LogP contribution in [0.15, 0.2) is 70.7 Å². The fourth-order valence-electron chi connectivity index (χ4n) is 3.89.